The van der Waals surface area contributed by atoms with Crippen LogP contribution in [-0.4, -0.2) is 10.1 Å². The fourth-order valence-electron chi connectivity index (χ4n) is 2.17. The summed E-state index contributed by atoms with van der Waals surface area (Å²) in [6.45, 7) is 1.80. The summed E-state index contributed by atoms with van der Waals surface area (Å²) >= 11 is 0. The van der Waals surface area contributed by atoms with Crippen molar-refractivity contribution in [2.45, 2.75) is 38.7 Å². The summed E-state index contributed by atoms with van der Waals surface area (Å²) in [5.41, 5.74) is 3.69. The van der Waals surface area contributed by atoms with Crippen molar-refractivity contribution < 1.29 is 5.11 Å². The Morgan fingerprint density at radius 1 is 0.895 bits per heavy atom. The summed E-state index contributed by atoms with van der Waals surface area (Å²) in [5, 5.41) is 9.45. The molecule has 2 nitrogen and oxygen atoms in total. The molecule has 19 heavy (non-hydrogen) atoms. The van der Waals surface area contributed by atoms with Gasteiger partial charge in [0.05, 0.1) is 6.10 Å². The molecule has 1 heterocycles. The lowest BCUT2D eigenvalue weighted by atomic mass is 10.0. The van der Waals surface area contributed by atoms with Crippen LogP contribution in [-0.2, 0) is 12.8 Å². The van der Waals surface area contributed by atoms with Gasteiger partial charge in [0.25, 0.3) is 0 Å². The molecule has 1 N–H and O–H groups in total. The molecule has 0 amide bonds. The van der Waals surface area contributed by atoms with Gasteiger partial charge in [-0.05, 0) is 61.4 Å². The Hall–Kier alpha value is -1.67. The van der Waals surface area contributed by atoms with E-state index in [9.17, 15) is 5.11 Å². The van der Waals surface area contributed by atoms with Crippen molar-refractivity contribution in [1.29, 1.82) is 0 Å². The van der Waals surface area contributed by atoms with Gasteiger partial charge < -0.3 is 5.11 Å². The van der Waals surface area contributed by atoms with Gasteiger partial charge in [-0.3, -0.25) is 4.98 Å². The Labute approximate surface area is 115 Å². The standard InChI is InChI=1S/C17H21NO/c1-14(19)17-8-6-15(7-9-17)4-2-3-5-16-10-12-18-13-11-16/h6-14,19H,2-5H2,1H3/t14-/m0/s1. The average Bonchev–Trinajstić information content (AvgIpc) is 2.45. The highest BCUT2D eigenvalue weighted by molar-refractivity contribution is 5.23. The molecule has 0 aliphatic rings. The van der Waals surface area contributed by atoms with E-state index in [-0.39, 0.29) is 6.10 Å². The maximum atomic E-state index is 9.45. The van der Waals surface area contributed by atoms with Gasteiger partial charge in [0.15, 0.2) is 0 Å². The van der Waals surface area contributed by atoms with Crippen LogP contribution < -0.4 is 0 Å². The molecule has 2 heteroatoms. The summed E-state index contributed by atoms with van der Waals surface area (Å²) in [5.74, 6) is 0. The van der Waals surface area contributed by atoms with Gasteiger partial charge in [-0.25, -0.2) is 0 Å². The molecule has 0 radical (unpaired) electrons. The Balaban J connectivity index is 1.74. The van der Waals surface area contributed by atoms with Gasteiger partial charge in [0.1, 0.15) is 0 Å². The Kier molecular flexibility index (Phi) is 5.10. The van der Waals surface area contributed by atoms with Crippen LogP contribution >= 0.6 is 0 Å². The summed E-state index contributed by atoms with van der Waals surface area (Å²) in [7, 11) is 0. The summed E-state index contributed by atoms with van der Waals surface area (Å²) in [6, 6.07) is 12.4. The first-order valence-electron chi connectivity index (χ1n) is 6.91. The first-order valence-corrected chi connectivity index (χ1v) is 6.91. The summed E-state index contributed by atoms with van der Waals surface area (Å²) in [4.78, 5) is 4.02. The molecule has 0 saturated heterocycles. The zero-order valence-electron chi connectivity index (χ0n) is 11.4. The number of aromatic nitrogens is 1. The molecule has 2 aromatic rings. The van der Waals surface area contributed by atoms with Crippen LogP contribution in [0.25, 0.3) is 0 Å². The van der Waals surface area contributed by atoms with Crippen LogP contribution in [0.1, 0.15) is 42.6 Å². The molecule has 0 fully saturated rings. The predicted octanol–water partition coefficient (Wildman–Crippen LogP) is 3.70. The van der Waals surface area contributed by atoms with Gasteiger partial charge in [-0.15, -0.1) is 0 Å². The fraction of sp³-hybridized carbons (Fsp3) is 0.353. The lowest BCUT2D eigenvalue weighted by molar-refractivity contribution is 0.199. The van der Waals surface area contributed by atoms with Crippen molar-refractivity contribution in [2.24, 2.45) is 0 Å². The van der Waals surface area contributed by atoms with E-state index in [0.29, 0.717) is 0 Å². The minimum Gasteiger partial charge on any atom is -0.389 e. The van der Waals surface area contributed by atoms with Gasteiger partial charge >= 0.3 is 0 Å². The lowest BCUT2D eigenvalue weighted by Crippen LogP contribution is -1.93. The minimum absolute atomic E-state index is 0.374. The van der Waals surface area contributed by atoms with E-state index in [0.717, 1.165) is 18.4 Å². The van der Waals surface area contributed by atoms with Crippen molar-refractivity contribution in [3.05, 3.63) is 65.5 Å². The van der Waals surface area contributed by atoms with Gasteiger partial charge in [0, 0.05) is 12.4 Å². The van der Waals surface area contributed by atoms with Crippen LogP contribution in [0.15, 0.2) is 48.8 Å². The number of rotatable bonds is 6. The van der Waals surface area contributed by atoms with Crippen LogP contribution in [0.2, 0.25) is 0 Å². The second-order valence-electron chi connectivity index (χ2n) is 4.98. The molecule has 1 aromatic heterocycles. The van der Waals surface area contributed by atoms with E-state index in [2.05, 4.69) is 29.2 Å². The van der Waals surface area contributed by atoms with E-state index in [1.54, 1.807) is 6.92 Å². The number of unbranched alkanes of at least 4 members (excludes halogenated alkanes) is 1. The van der Waals surface area contributed by atoms with Crippen molar-refractivity contribution in [3.63, 3.8) is 0 Å². The molecule has 0 bridgehead atoms. The van der Waals surface area contributed by atoms with Crippen molar-refractivity contribution in [1.82, 2.24) is 4.98 Å². The average molecular weight is 255 g/mol. The maximum absolute atomic E-state index is 9.45. The quantitative estimate of drug-likeness (QED) is 0.798. The molecule has 2 rings (SSSR count). The van der Waals surface area contributed by atoms with Crippen LogP contribution in [0, 0.1) is 0 Å². The highest BCUT2D eigenvalue weighted by atomic mass is 16.3. The molecular formula is C17H21NO. The second-order valence-corrected chi connectivity index (χ2v) is 4.98. The number of aliphatic hydroxyl groups excluding tert-OH is 1. The van der Waals surface area contributed by atoms with Crippen LogP contribution in [0.4, 0.5) is 0 Å². The normalized spacial score (nSPS) is 12.3. The minimum atomic E-state index is -0.374. The first-order chi connectivity index (χ1) is 9.25. The maximum Gasteiger partial charge on any atom is 0.0761 e. The summed E-state index contributed by atoms with van der Waals surface area (Å²) < 4.78 is 0. The number of aryl methyl sites for hydroxylation is 2. The van der Waals surface area contributed by atoms with Gasteiger partial charge in [-0.2, -0.15) is 0 Å². The zero-order valence-corrected chi connectivity index (χ0v) is 11.4. The molecule has 1 atom stereocenters. The largest absolute Gasteiger partial charge is 0.389 e. The van der Waals surface area contributed by atoms with Crippen molar-refractivity contribution in [2.75, 3.05) is 0 Å². The monoisotopic (exact) mass is 255 g/mol. The molecular weight excluding hydrogens is 234 g/mol. The second kappa shape index (κ2) is 7.05. The lowest BCUT2D eigenvalue weighted by Gasteiger charge is -2.06. The molecule has 0 spiro atoms. The summed E-state index contributed by atoms with van der Waals surface area (Å²) in [6.07, 6.45) is 7.94. The van der Waals surface area contributed by atoms with Crippen molar-refractivity contribution >= 4 is 0 Å². The van der Waals surface area contributed by atoms with E-state index < -0.39 is 0 Å². The molecule has 0 aliphatic carbocycles. The third kappa shape index (κ3) is 4.49. The number of pyridine rings is 1. The first kappa shape index (κ1) is 13.8. The SMILES string of the molecule is C[C@H](O)c1ccc(CCCCc2ccncc2)cc1. The Morgan fingerprint density at radius 3 is 1.95 bits per heavy atom. The topological polar surface area (TPSA) is 33.1 Å². The van der Waals surface area contributed by atoms with Gasteiger partial charge in [0.2, 0.25) is 0 Å². The van der Waals surface area contributed by atoms with E-state index in [4.69, 9.17) is 0 Å². The third-order valence-electron chi connectivity index (χ3n) is 3.39. The predicted molar refractivity (Wildman–Crippen MR) is 78.0 cm³/mol. The molecule has 1 aromatic carbocycles. The van der Waals surface area contributed by atoms with E-state index in [1.807, 2.05) is 24.5 Å². The smallest absolute Gasteiger partial charge is 0.0761 e. The third-order valence-corrected chi connectivity index (χ3v) is 3.39. The number of benzene rings is 1. The van der Waals surface area contributed by atoms with Crippen LogP contribution in [0.3, 0.4) is 0 Å². The fourth-order valence-corrected chi connectivity index (χ4v) is 2.17. The molecule has 0 aliphatic heterocycles. The number of aliphatic hydroxyl groups is 1. The highest BCUT2D eigenvalue weighted by Gasteiger charge is 2.00. The number of nitrogens with zero attached hydrogens (tertiary/aromatic N) is 1. The molecule has 100 valence electrons. The van der Waals surface area contributed by atoms with Gasteiger partial charge in [-0.1, -0.05) is 24.3 Å². The van der Waals surface area contributed by atoms with E-state index in [1.165, 1.54) is 24.0 Å². The van der Waals surface area contributed by atoms with Crippen molar-refractivity contribution in [3.8, 4) is 0 Å². The molecule has 0 saturated carbocycles. The zero-order chi connectivity index (χ0) is 13.5. The number of hydrogen-bond donors (Lipinski definition) is 1. The Morgan fingerprint density at radius 2 is 1.42 bits per heavy atom. The molecule has 0 unspecified atom stereocenters. The highest BCUT2D eigenvalue weighted by Crippen LogP contribution is 2.14. The Bertz CT molecular complexity index is 476. The van der Waals surface area contributed by atoms with Crippen LogP contribution in [0.5, 0.6) is 0 Å². The number of hydrogen-bond acceptors (Lipinski definition) is 2. The van der Waals surface area contributed by atoms with E-state index >= 15 is 0 Å².